The molecule has 0 spiro atoms. The Hall–Kier alpha value is -3.26. The number of carbonyl (C=O) groups excluding carboxylic acids is 1. The van der Waals surface area contributed by atoms with E-state index in [1.807, 2.05) is 47.8 Å². The van der Waals surface area contributed by atoms with Gasteiger partial charge in [0.15, 0.2) is 0 Å². The van der Waals surface area contributed by atoms with Crippen molar-refractivity contribution in [1.82, 2.24) is 4.72 Å². The van der Waals surface area contributed by atoms with Crippen molar-refractivity contribution in [3.8, 4) is 11.1 Å². The van der Waals surface area contributed by atoms with E-state index in [2.05, 4.69) is 22.2 Å². The van der Waals surface area contributed by atoms with Gasteiger partial charge in [-0.1, -0.05) is 54.6 Å². The van der Waals surface area contributed by atoms with Crippen LogP contribution in [0.3, 0.4) is 0 Å². The zero-order valence-corrected chi connectivity index (χ0v) is 19.4. The number of anilines is 1. The number of rotatable bonds is 6. The number of nitrogens with zero attached hydrogens (tertiary/aromatic N) is 1. The highest BCUT2D eigenvalue weighted by molar-refractivity contribution is 7.89. The van der Waals surface area contributed by atoms with Crippen molar-refractivity contribution in [3.63, 3.8) is 0 Å². The molecule has 33 heavy (non-hydrogen) atoms. The molecule has 2 heterocycles. The summed E-state index contributed by atoms with van der Waals surface area (Å²) < 4.78 is 28.6. The Morgan fingerprint density at radius 1 is 0.909 bits per heavy atom. The third-order valence-corrected chi connectivity index (χ3v) is 7.92. The van der Waals surface area contributed by atoms with Crippen molar-refractivity contribution in [3.05, 3.63) is 107 Å². The molecule has 1 aromatic heterocycles. The van der Waals surface area contributed by atoms with Crippen LogP contribution < -0.4 is 9.62 Å². The Morgan fingerprint density at radius 3 is 2.33 bits per heavy atom. The van der Waals surface area contributed by atoms with Crippen LogP contribution in [0.15, 0.2) is 101 Å². The van der Waals surface area contributed by atoms with Gasteiger partial charge in [0.1, 0.15) is 6.04 Å². The molecule has 5 rings (SSSR count). The second kappa shape index (κ2) is 8.94. The van der Waals surface area contributed by atoms with Gasteiger partial charge in [-0.3, -0.25) is 4.79 Å². The number of carbonyl (C=O) groups is 1. The number of sulfonamides is 1. The van der Waals surface area contributed by atoms with Crippen LogP contribution in [0.25, 0.3) is 11.1 Å². The van der Waals surface area contributed by atoms with Crippen LogP contribution in [0.5, 0.6) is 0 Å². The Balaban J connectivity index is 1.53. The van der Waals surface area contributed by atoms with Crippen molar-refractivity contribution in [1.29, 1.82) is 0 Å². The van der Waals surface area contributed by atoms with Gasteiger partial charge in [-0.05, 0) is 69.8 Å². The van der Waals surface area contributed by atoms with Gasteiger partial charge in [-0.25, -0.2) is 8.42 Å². The van der Waals surface area contributed by atoms with E-state index in [0.717, 1.165) is 27.9 Å². The molecule has 1 amide bonds. The van der Waals surface area contributed by atoms with Crippen LogP contribution in [-0.2, 0) is 27.8 Å². The smallest absolute Gasteiger partial charge is 0.245 e. The second-order valence-electron chi connectivity index (χ2n) is 7.96. The summed E-state index contributed by atoms with van der Waals surface area (Å²) >= 11 is 1.62. The third-order valence-electron chi connectivity index (χ3n) is 5.75. The summed E-state index contributed by atoms with van der Waals surface area (Å²) in [4.78, 5) is 15.3. The summed E-state index contributed by atoms with van der Waals surface area (Å²) in [6, 6.07) is 25.1. The Kier molecular flexibility index (Phi) is 5.85. The van der Waals surface area contributed by atoms with Gasteiger partial charge in [0.2, 0.25) is 15.9 Å². The maximum absolute atomic E-state index is 13.5. The van der Waals surface area contributed by atoms with Crippen LogP contribution in [0, 0.1) is 0 Å². The van der Waals surface area contributed by atoms with Crippen LogP contribution >= 0.6 is 11.3 Å². The number of hydrogen-bond donors (Lipinski definition) is 1. The van der Waals surface area contributed by atoms with E-state index in [9.17, 15) is 13.2 Å². The standard InChI is InChI=1S/C26H22N2O3S2/c29-26-24(27-33(30,31)23-9-5-2-6-10-23)16-22-15-20(21-13-14-32-18-21)11-12-25(22)28(26)17-19-7-3-1-4-8-19/h1-15,18,24,27H,16-17H2. The Morgan fingerprint density at radius 2 is 1.64 bits per heavy atom. The normalized spacial score (nSPS) is 15.9. The molecule has 1 aliphatic heterocycles. The average Bonchev–Trinajstić information content (AvgIpc) is 3.38. The zero-order chi connectivity index (χ0) is 22.8. The highest BCUT2D eigenvalue weighted by Gasteiger charge is 2.36. The highest BCUT2D eigenvalue weighted by Crippen LogP contribution is 2.34. The molecular formula is C26H22N2O3S2. The fraction of sp³-hybridized carbons (Fsp3) is 0.115. The molecule has 0 fully saturated rings. The highest BCUT2D eigenvalue weighted by atomic mass is 32.2. The fourth-order valence-electron chi connectivity index (χ4n) is 4.11. The van der Waals surface area contributed by atoms with E-state index in [0.29, 0.717) is 13.0 Å². The van der Waals surface area contributed by atoms with Crippen molar-refractivity contribution in [2.24, 2.45) is 0 Å². The van der Waals surface area contributed by atoms with Crippen LogP contribution in [0.4, 0.5) is 5.69 Å². The van der Waals surface area contributed by atoms with E-state index in [-0.39, 0.29) is 10.8 Å². The monoisotopic (exact) mass is 474 g/mol. The molecule has 1 unspecified atom stereocenters. The number of nitrogens with one attached hydrogen (secondary N) is 1. The number of hydrogen-bond acceptors (Lipinski definition) is 4. The summed E-state index contributed by atoms with van der Waals surface area (Å²) in [5.41, 5.74) is 4.89. The molecule has 166 valence electrons. The molecule has 0 bridgehead atoms. The molecule has 7 heteroatoms. The number of thiophene rings is 1. The topological polar surface area (TPSA) is 66.5 Å². The number of amides is 1. The summed E-state index contributed by atoms with van der Waals surface area (Å²) in [6.45, 7) is 0.369. The summed E-state index contributed by atoms with van der Waals surface area (Å²) in [5, 5.41) is 4.10. The van der Waals surface area contributed by atoms with Gasteiger partial charge in [0, 0.05) is 5.69 Å². The van der Waals surface area contributed by atoms with Crippen molar-refractivity contribution < 1.29 is 13.2 Å². The van der Waals surface area contributed by atoms with Gasteiger partial charge >= 0.3 is 0 Å². The molecule has 5 nitrogen and oxygen atoms in total. The molecule has 0 saturated heterocycles. The van der Waals surface area contributed by atoms with E-state index in [1.165, 1.54) is 12.1 Å². The minimum Gasteiger partial charge on any atom is -0.306 e. The van der Waals surface area contributed by atoms with E-state index >= 15 is 0 Å². The lowest BCUT2D eigenvalue weighted by Gasteiger charge is -2.35. The first-order valence-electron chi connectivity index (χ1n) is 10.6. The molecule has 0 radical (unpaired) electrons. The van der Waals surface area contributed by atoms with E-state index in [1.54, 1.807) is 34.4 Å². The zero-order valence-electron chi connectivity index (χ0n) is 17.7. The summed E-state index contributed by atoms with van der Waals surface area (Å²) in [7, 11) is -3.84. The lowest BCUT2D eigenvalue weighted by atomic mass is 9.94. The summed E-state index contributed by atoms with van der Waals surface area (Å²) in [6.07, 6.45) is 0.295. The maximum Gasteiger partial charge on any atom is 0.245 e. The van der Waals surface area contributed by atoms with Crippen LogP contribution in [0.2, 0.25) is 0 Å². The number of fused-ring (bicyclic) bond motifs is 1. The predicted octanol–water partition coefficient (Wildman–Crippen LogP) is 4.85. The lowest BCUT2D eigenvalue weighted by Crippen LogP contribution is -2.52. The maximum atomic E-state index is 13.5. The molecule has 3 aromatic carbocycles. The van der Waals surface area contributed by atoms with Gasteiger partial charge in [-0.2, -0.15) is 16.1 Å². The first kappa shape index (κ1) is 21.6. The minimum absolute atomic E-state index is 0.144. The van der Waals surface area contributed by atoms with E-state index < -0.39 is 16.1 Å². The quantitative estimate of drug-likeness (QED) is 0.434. The van der Waals surface area contributed by atoms with Crippen molar-refractivity contribution in [2.75, 3.05) is 4.90 Å². The number of benzene rings is 3. The second-order valence-corrected chi connectivity index (χ2v) is 10.5. The fourth-order valence-corrected chi connectivity index (χ4v) is 5.99. The van der Waals surface area contributed by atoms with Crippen molar-refractivity contribution >= 4 is 33.0 Å². The van der Waals surface area contributed by atoms with Gasteiger partial charge in [-0.15, -0.1) is 0 Å². The van der Waals surface area contributed by atoms with Gasteiger partial charge < -0.3 is 4.90 Å². The molecule has 0 saturated carbocycles. The molecule has 1 aliphatic rings. The largest absolute Gasteiger partial charge is 0.306 e. The first-order valence-corrected chi connectivity index (χ1v) is 13.0. The average molecular weight is 475 g/mol. The molecule has 4 aromatic rings. The van der Waals surface area contributed by atoms with Gasteiger partial charge in [0.25, 0.3) is 0 Å². The van der Waals surface area contributed by atoms with Crippen molar-refractivity contribution in [2.45, 2.75) is 23.9 Å². The Bertz CT molecular complexity index is 1370. The van der Waals surface area contributed by atoms with E-state index in [4.69, 9.17) is 0 Å². The van der Waals surface area contributed by atoms with Crippen LogP contribution in [-0.4, -0.2) is 20.4 Å². The SMILES string of the molecule is O=C1C(NS(=O)(=O)c2ccccc2)Cc2cc(-c3ccsc3)ccc2N1Cc1ccccc1. The van der Waals surface area contributed by atoms with Gasteiger partial charge in [0.05, 0.1) is 11.4 Å². The molecule has 1 atom stereocenters. The lowest BCUT2D eigenvalue weighted by molar-refractivity contribution is -0.120. The van der Waals surface area contributed by atoms with Crippen LogP contribution in [0.1, 0.15) is 11.1 Å². The first-order chi connectivity index (χ1) is 16.0. The summed E-state index contributed by atoms with van der Waals surface area (Å²) in [5.74, 6) is -0.255. The third kappa shape index (κ3) is 4.48. The molecular weight excluding hydrogens is 452 g/mol. The molecule has 0 aliphatic carbocycles. The predicted molar refractivity (Wildman–Crippen MR) is 132 cm³/mol. The Labute approximate surface area is 197 Å². The minimum atomic E-state index is -3.84. The molecule has 1 N–H and O–H groups in total.